The van der Waals surface area contributed by atoms with Gasteiger partial charge in [0, 0.05) is 0 Å². The van der Waals surface area contributed by atoms with E-state index in [-0.39, 0.29) is 17.6 Å². The standard InChI is InChI=1S/C9H18NO2/c1-7(2)8(6-11)10-12-9(3,4)5/h7-8,10H,1-5H3/t8-/m1/s1. The molecule has 0 fully saturated rings. The molecule has 0 unspecified atom stereocenters. The smallest absolute Gasteiger partial charge is 0.219 e. The highest BCUT2D eigenvalue weighted by Gasteiger charge is 2.17. The molecule has 71 valence electrons. The first-order chi connectivity index (χ1) is 5.37. The Morgan fingerprint density at radius 2 is 1.83 bits per heavy atom. The fraction of sp³-hybridized carbons (Fsp3) is 0.889. The lowest BCUT2D eigenvalue weighted by Gasteiger charge is -2.23. The average Bonchev–Trinajstić information content (AvgIpc) is 1.85. The van der Waals surface area contributed by atoms with E-state index in [1.54, 1.807) is 0 Å². The van der Waals surface area contributed by atoms with E-state index < -0.39 is 0 Å². The topological polar surface area (TPSA) is 38.3 Å². The molecule has 1 N–H and O–H groups in total. The summed E-state index contributed by atoms with van der Waals surface area (Å²) in [7, 11) is 0. The van der Waals surface area contributed by atoms with Gasteiger partial charge in [0.05, 0.1) is 5.60 Å². The van der Waals surface area contributed by atoms with Crippen molar-refractivity contribution in [1.29, 1.82) is 0 Å². The van der Waals surface area contributed by atoms with Crippen LogP contribution in [-0.4, -0.2) is 17.9 Å². The van der Waals surface area contributed by atoms with Crippen molar-refractivity contribution in [2.45, 2.75) is 46.3 Å². The van der Waals surface area contributed by atoms with Crippen molar-refractivity contribution < 1.29 is 9.63 Å². The van der Waals surface area contributed by atoms with E-state index in [0.29, 0.717) is 0 Å². The van der Waals surface area contributed by atoms with Crippen LogP contribution in [0.1, 0.15) is 34.6 Å². The highest BCUT2D eigenvalue weighted by molar-refractivity contribution is 5.58. The number of carbonyl (C=O) groups excluding carboxylic acids is 1. The maximum atomic E-state index is 10.4. The van der Waals surface area contributed by atoms with Gasteiger partial charge in [0.15, 0.2) is 0 Å². The minimum atomic E-state index is -0.343. The monoisotopic (exact) mass is 172 g/mol. The van der Waals surface area contributed by atoms with Gasteiger partial charge in [0.2, 0.25) is 6.29 Å². The molecule has 1 atom stereocenters. The van der Waals surface area contributed by atoms with Crippen LogP contribution in [0.25, 0.3) is 0 Å². The third kappa shape index (κ3) is 5.27. The van der Waals surface area contributed by atoms with Crippen LogP contribution in [0.15, 0.2) is 0 Å². The Bertz CT molecular complexity index is 138. The Morgan fingerprint density at radius 1 is 1.33 bits per heavy atom. The molecule has 0 spiro atoms. The van der Waals surface area contributed by atoms with E-state index in [1.807, 2.05) is 40.9 Å². The van der Waals surface area contributed by atoms with E-state index in [2.05, 4.69) is 5.48 Å². The molecular formula is C9H18NO2. The van der Waals surface area contributed by atoms with Gasteiger partial charge in [0.25, 0.3) is 0 Å². The van der Waals surface area contributed by atoms with Crippen molar-refractivity contribution in [2.24, 2.45) is 5.92 Å². The molecule has 0 rings (SSSR count). The summed E-state index contributed by atoms with van der Waals surface area (Å²) in [5, 5.41) is 0. The van der Waals surface area contributed by atoms with Crippen molar-refractivity contribution in [3.05, 3.63) is 0 Å². The second-order valence-electron chi connectivity index (χ2n) is 4.17. The second-order valence-corrected chi connectivity index (χ2v) is 4.17. The molecule has 0 aliphatic rings. The molecule has 0 saturated carbocycles. The summed E-state index contributed by atoms with van der Waals surface area (Å²) < 4.78 is 0. The van der Waals surface area contributed by atoms with Crippen LogP contribution in [0.5, 0.6) is 0 Å². The Morgan fingerprint density at radius 3 is 2.08 bits per heavy atom. The minimum Gasteiger partial charge on any atom is -0.295 e. The van der Waals surface area contributed by atoms with E-state index in [1.165, 1.54) is 0 Å². The SMILES string of the molecule is CC(C)[C@@H]([C]=O)NOC(C)(C)C. The van der Waals surface area contributed by atoms with Gasteiger partial charge in [-0.25, -0.2) is 0 Å². The Labute approximate surface area is 74.4 Å². The molecule has 12 heavy (non-hydrogen) atoms. The summed E-state index contributed by atoms with van der Waals surface area (Å²) in [4.78, 5) is 15.6. The van der Waals surface area contributed by atoms with Crippen molar-refractivity contribution >= 4 is 6.29 Å². The van der Waals surface area contributed by atoms with Gasteiger partial charge in [-0.3, -0.25) is 9.63 Å². The quantitative estimate of drug-likeness (QED) is 0.652. The zero-order valence-electron chi connectivity index (χ0n) is 8.47. The van der Waals surface area contributed by atoms with Crippen LogP contribution in [-0.2, 0) is 9.63 Å². The summed E-state index contributed by atoms with van der Waals surface area (Å²) in [5.74, 6) is 0.199. The van der Waals surface area contributed by atoms with Crippen LogP contribution >= 0.6 is 0 Å². The molecule has 1 radical (unpaired) electrons. The van der Waals surface area contributed by atoms with Gasteiger partial charge < -0.3 is 0 Å². The number of hydrogen-bond acceptors (Lipinski definition) is 3. The Hall–Kier alpha value is -0.410. The molecule has 0 aliphatic heterocycles. The van der Waals surface area contributed by atoms with E-state index in [0.717, 1.165) is 0 Å². The number of hydrogen-bond donors (Lipinski definition) is 1. The van der Waals surface area contributed by atoms with Crippen molar-refractivity contribution in [1.82, 2.24) is 5.48 Å². The molecular weight excluding hydrogens is 154 g/mol. The molecule has 0 amide bonds. The first-order valence-corrected chi connectivity index (χ1v) is 4.18. The predicted molar refractivity (Wildman–Crippen MR) is 48.3 cm³/mol. The summed E-state index contributed by atoms with van der Waals surface area (Å²) >= 11 is 0. The maximum Gasteiger partial charge on any atom is 0.219 e. The summed E-state index contributed by atoms with van der Waals surface area (Å²) in [5.41, 5.74) is 2.41. The molecule has 0 aromatic heterocycles. The first-order valence-electron chi connectivity index (χ1n) is 4.18. The van der Waals surface area contributed by atoms with Crippen LogP contribution < -0.4 is 5.48 Å². The lowest BCUT2D eigenvalue weighted by molar-refractivity contribution is -0.0843. The molecule has 0 saturated heterocycles. The van der Waals surface area contributed by atoms with Gasteiger partial charge in [-0.15, -0.1) is 0 Å². The second kappa shape index (κ2) is 4.58. The molecule has 0 aliphatic carbocycles. The van der Waals surface area contributed by atoms with Crippen LogP contribution in [0.2, 0.25) is 0 Å². The lowest BCUT2D eigenvalue weighted by atomic mass is 10.1. The minimum absolute atomic E-state index is 0.199. The van der Waals surface area contributed by atoms with Gasteiger partial charge in [-0.1, -0.05) is 13.8 Å². The fourth-order valence-electron chi connectivity index (χ4n) is 0.536. The highest BCUT2D eigenvalue weighted by Crippen LogP contribution is 2.06. The van der Waals surface area contributed by atoms with Crippen molar-refractivity contribution in [3.8, 4) is 0 Å². The predicted octanol–water partition coefficient (Wildman–Crippen LogP) is 1.44. The molecule has 0 aromatic rings. The first kappa shape index (κ1) is 11.6. The van der Waals surface area contributed by atoms with Crippen molar-refractivity contribution in [3.63, 3.8) is 0 Å². The normalized spacial score (nSPS) is 14.8. The third-order valence-corrected chi connectivity index (χ3v) is 1.29. The number of nitrogens with one attached hydrogen (secondary N) is 1. The van der Waals surface area contributed by atoms with Crippen LogP contribution in [0, 0.1) is 5.92 Å². The average molecular weight is 172 g/mol. The maximum absolute atomic E-state index is 10.4. The van der Waals surface area contributed by atoms with Gasteiger partial charge in [0.1, 0.15) is 6.04 Å². The van der Waals surface area contributed by atoms with E-state index in [9.17, 15) is 4.79 Å². The van der Waals surface area contributed by atoms with Gasteiger partial charge >= 0.3 is 0 Å². The Kier molecular flexibility index (Phi) is 4.42. The molecule has 0 aromatic carbocycles. The fourth-order valence-corrected chi connectivity index (χ4v) is 0.536. The summed E-state index contributed by atoms with van der Waals surface area (Å²) in [6.07, 6.45) is 1.89. The summed E-state index contributed by atoms with van der Waals surface area (Å²) in [6, 6.07) is -0.343. The molecule has 3 heteroatoms. The number of rotatable bonds is 4. The summed E-state index contributed by atoms with van der Waals surface area (Å²) in [6.45, 7) is 9.63. The zero-order chi connectivity index (χ0) is 9.78. The van der Waals surface area contributed by atoms with E-state index in [4.69, 9.17) is 4.84 Å². The highest BCUT2D eigenvalue weighted by atomic mass is 16.7. The largest absolute Gasteiger partial charge is 0.295 e. The van der Waals surface area contributed by atoms with Gasteiger partial charge in [-0.2, -0.15) is 5.48 Å². The molecule has 0 heterocycles. The third-order valence-electron chi connectivity index (χ3n) is 1.29. The molecule has 0 bridgehead atoms. The van der Waals surface area contributed by atoms with Gasteiger partial charge in [-0.05, 0) is 26.7 Å². The lowest BCUT2D eigenvalue weighted by Crippen LogP contribution is -2.40. The van der Waals surface area contributed by atoms with E-state index >= 15 is 0 Å². The van der Waals surface area contributed by atoms with Crippen LogP contribution in [0.3, 0.4) is 0 Å². The van der Waals surface area contributed by atoms with Crippen molar-refractivity contribution in [2.75, 3.05) is 0 Å². The molecule has 3 nitrogen and oxygen atoms in total. The van der Waals surface area contributed by atoms with Crippen LogP contribution in [0.4, 0.5) is 0 Å². The zero-order valence-corrected chi connectivity index (χ0v) is 8.47. The Balaban J connectivity index is 3.81. The number of hydroxylamine groups is 1.